The highest BCUT2D eigenvalue weighted by molar-refractivity contribution is 5.79. The lowest BCUT2D eigenvalue weighted by Crippen LogP contribution is -2.38. The Bertz CT molecular complexity index is 220. The molecule has 0 radical (unpaired) electrons. The van der Waals surface area contributed by atoms with E-state index >= 15 is 0 Å². The fourth-order valence-corrected chi connectivity index (χ4v) is 1.23. The quantitative estimate of drug-likeness (QED) is 0.550. The number of alkyl halides is 3. The minimum atomic E-state index is -4.15. The average Bonchev–Trinajstić information content (AvgIpc) is 2.15. The van der Waals surface area contributed by atoms with Crippen LogP contribution in [0.15, 0.2) is 4.99 Å². The van der Waals surface area contributed by atoms with Gasteiger partial charge < -0.3 is 10.6 Å². The number of nitrogens with zero attached hydrogens (tertiary/aromatic N) is 2. The van der Waals surface area contributed by atoms with Crippen molar-refractivity contribution in [2.24, 2.45) is 4.99 Å². The van der Waals surface area contributed by atoms with Gasteiger partial charge in [0.2, 0.25) is 0 Å². The summed E-state index contributed by atoms with van der Waals surface area (Å²) in [6.45, 7) is 5.03. The Hall–Kier alpha value is -0.980. The summed E-state index contributed by atoms with van der Waals surface area (Å²) in [6, 6.07) is 0. The van der Waals surface area contributed by atoms with Crippen molar-refractivity contribution in [3.8, 4) is 0 Å². The Kier molecular flexibility index (Phi) is 7.69. The second-order valence-corrected chi connectivity index (χ2v) is 3.64. The molecule has 0 aliphatic carbocycles. The van der Waals surface area contributed by atoms with Crippen LogP contribution in [0.1, 0.15) is 13.8 Å². The maximum atomic E-state index is 12.0. The molecule has 0 rings (SSSR count). The number of hydrogen-bond donors (Lipinski definition) is 2. The van der Waals surface area contributed by atoms with Crippen LogP contribution in [-0.4, -0.2) is 56.8 Å². The van der Waals surface area contributed by atoms with E-state index in [4.69, 9.17) is 0 Å². The Morgan fingerprint density at radius 3 is 2.12 bits per heavy atom. The van der Waals surface area contributed by atoms with Crippen LogP contribution in [-0.2, 0) is 0 Å². The number of aliphatic imine (C=N–C) groups is 1. The maximum absolute atomic E-state index is 12.0. The summed E-state index contributed by atoms with van der Waals surface area (Å²) >= 11 is 0. The summed E-state index contributed by atoms with van der Waals surface area (Å²) in [5.74, 6) is 0.635. The van der Waals surface area contributed by atoms with Gasteiger partial charge in [-0.3, -0.25) is 9.89 Å². The van der Waals surface area contributed by atoms with Crippen molar-refractivity contribution >= 4 is 5.96 Å². The molecule has 0 aliphatic rings. The normalized spacial score (nSPS) is 11.5. The van der Waals surface area contributed by atoms with Crippen LogP contribution in [0.4, 0.5) is 13.2 Å². The Balaban J connectivity index is 3.95. The number of guanidine groups is 1. The predicted molar refractivity (Wildman–Crippen MR) is 63.2 cm³/mol. The first-order valence-electron chi connectivity index (χ1n) is 5.66. The second-order valence-electron chi connectivity index (χ2n) is 3.64. The summed E-state index contributed by atoms with van der Waals surface area (Å²) in [6.07, 6.45) is -4.15. The zero-order valence-corrected chi connectivity index (χ0v) is 10.6. The lowest BCUT2D eigenvalue weighted by molar-refractivity contribution is -0.142. The van der Waals surface area contributed by atoms with E-state index in [1.54, 1.807) is 0 Å². The minimum Gasteiger partial charge on any atom is -0.357 e. The molecule has 0 saturated heterocycles. The minimum absolute atomic E-state index is 0.278. The highest BCUT2D eigenvalue weighted by atomic mass is 19.4. The average molecular weight is 254 g/mol. The topological polar surface area (TPSA) is 39.7 Å². The highest BCUT2D eigenvalue weighted by Gasteiger charge is 2.28. The van der Waals surface area contributed by atoms with E-state index in [0.717, 1.165) is 13.1 Å². The molecular weight excluding hydrogens is 233 g/mol. The molecule has 0 amide bonds. The third-order valence-electron chi connectivity index (χ3n) is 1.89. The first kappa shape index (κ1) is 16.0. The molecule has 0 aromatic heterocycles. The molecule has 2 N–H and O–H groups in total. The SMILES string of the molecule is CCNC(=NCCN(C)CC(F)(F)F)NCC. The molecular formula is C10H21F3N4. The third kappa shape index (κ3) is 9.92. The molecule has 17 heavy (non-hydrogen) atoms. The van der Waals surface area contributed by atoms with Crippen LogP contribution in [0, 0.1) is 0 Å². The van der Waals surface area contributed by atoms with E-state index in [-0.39, 0.29) is 6.54 Å². The molecule has 0 saturated carbocycles. The van der Waals surface area contributed by atoms with E-state index in [1.165, 1.54) is 11.9 Å². The van der Waals surface area contributed by atoms with Crippen LogP contribution in [0.25, 0.3) is 0 Å². The standard InChI is InChI=1S/C10H21F3N4/c1-4-14-9(15-5-2)16-6-7-17(3)8-10(11,12)13/h4-8H2,1-3H3,(H2,14,15,16). The van der Waals surface area contributed by atoms with Gasteiger partial charge in [0.05, 0.1) is 13.1 Å². The molecule has 0 aromatic carbocycles. The van der Waals surface area contributed by atoms with Crippen molar-refractivity contribution in [3.05, 3.63) is 0 Å². The van der Waals surface area contributed by atoms with Crippen molar-refractivity contribution in [1.29, 1.82) is 0 Å². The van der Waals surface area contributed by atoms with Crippen molar-refractivity contribution < 1.29 is 13.2 Å². The first-order chi connectivity index (χ1) is 7.89. The molecule has 0 aliphatic heterocycles. The van der Waals surface area contributed by atoms with Gasteiger partial charge in [-0.1, -0.05) is 0 Å². The van der Waals surface area contributed by atoms with E-state index in [0.29, 0.717) is 12.5 Å². The lowest BCUT2D eigenvalue weighted by atomic mass is 10.5. The van der Waals surface area contributed by atoms with Gasteiger partial charge in [0.25, 0.3) is 0 Å². The van der Waals surface area contributed by atoms with Crippen LogP contribution in [0.3, 0.4) is 0 Å². The third-order valence-corrected chi connectivity index (χ3v) is 1.89. The number of hydrogen-bond acceptors (Lipinski definition) is 2. The van der Waals surface area contributed by atoms with Gasteiger partial charge in [0.1, 0.15) is 0 Å². The van der Waals surface area contributed by atoms with E-state index in [9.17, 15) is 13.2 Å². The predicted octanol–water partition coefficient (Wildman–Crippen LogP) is 1.06. The number of halogens is 3. The molecule has 102 valence electrons. The molecule has 0 atom stereocenters. The number of nitrogens with one attached hydrogen (secondary N) is 2. The van der Waals surface area contributed by atoms with E-state index < -0.39 is 12.7 Å². The molecule has 0 fully saturated rings. The van der Waals surface area contributed by atoms with E-state index in [2.05, 4.69) is 15.6 Å². The van der Waals surface area contributed by atoms with Gasteiger partial charge in [-0.15, -0.1) is 0 Å². The fraction of sp³-hybridized carbons (Fsp3) is 0.900. The fourth-order valence-electron chi connectivity index (χ4n) is 1.23. The molecule has 0 heterocycles. The highest BCUT2D eigenvalue weighted by Crippen LogP contribution is 2.15. The van der Waals surface area contributed by atoms with Crippen LogP contribution >= 0.6 is 0 Å². The van der Waals surface area contributed by atoms with Gasteiger partial charge >= 0.3 is 6.18 Å². The molecule has 7 heteroatoms. The monoisotopic (exact) mass is 254 g/mol. The maximum Gasteiger partial charge on any atom is 0.401 e. The molecule has 0 unspecified atom stereocenters. The van der Waals surface area contributed by atoms with Crippen molar-refractivity contribution in [2.75, 3.05) is 39.8 Å². The van der Waals surface area contributed by atoms with Crippen LogP contribution < -0.4 is 10.6 Å². The van der Waals surface area contributed by atoms with Crippen molar-refractivity contribution in [1.82, 2.24) is 15.5 Å². The summed E-state index contributed by atoms with van der Waals surface area (Å²) in [5.41, 5.74) is 0. The van der Waals surface area contributed by atoms with Crippen LogP contribution in [0.5, 0.6) is 0 Å². The summed E-state index contributed by atoms with van der Waals surface area (Å²) < 4.78 is 36.1. The summed E-state index contributed by atoms with van der Waals surface area (Å²) in [7, 11) is 1.43. The van der Waals surface area contributed by atoms with Gasteiger partial charge in [-0.05, 0) is 20.9 Å². The Morgan fingerprint density at radius 1 is 1.18 bits per heavy atom. The lowest BCUT2D eigenvalue weighted by Gasteiger charge is -2.17. The summed E-state index contributed by atoms with van der Waals surface area (Å²) in [4.78, 5) is 5.37. The number of likely N-dealkylation sites (N-methyl/N-ethyl adjacent to an activating group) is 1. The van der Waals surface area contributed by atoms with Gasteiger partial charge in [0.15, 0.2) is 5.96 Å². The van der Waals surface area contributed by atoms with Gasteiger partial charge in [0, 0.05) is 19.6 Å². The molecule has 4 nitrogen and oxygen atoms in total. The number of rotatable bonds is 6. The molecule has 0 bridgehead atoms. The zero-order valence-electron chi connectivity index (χ0n) is 10.6. The van der Waals surface area contributed by atoms with Crippen molar-refractivity contribution in [2.45, 2.75) is 20.0 Å². The van der Waals surface area contributed by atoms with Gasteiger partial charge in [-0.2, -0.15) is 13.2 Å². The Labute approximate surface area is 100 Å². The smallest absolute Gasteiger partial charge is 0.357 e. The molecule has 0 spiro atoms. The molecule has 0 aromatic rings. The van der Waals surface area contributed by atoms with Crippen molar-refractivity contribution in [3.63, 3.8) is 0 Å². The second kappa shape index (κ2) is 8.16. The first-order valence-corrected chi connectivity index (χ1v) is 5.66. The largest absolute Gasteiger partial charge is 0.401 e. The Morgan fingerprint density at radius 2 is 1.71 bits per heavy atom. The van der Waals surface area contributed by atoms with Crippen LogP contribution in [0.2, 0.25) is 0 Å². The van der Waals surface area contributed by atoms with Gasteiger partial charge in [-0.25, -0.2) is 0 Å². The summed E-state index contributed by atoms with van der Waals surface area (Å²) in [5, 5.41) is 6.01. The van der Waals surface area contributed by atoms with E-state index in [1.807, 2.05) is 13.8 Å². The zero-order chi connectivity index (χ0) is 13.3.